The molecule has 0 aliphatic rings. The molecule has 1 rings (SSSR count). The van der Waals surface area contributed by atoms with E-state index in [0.29, 0.717) is 5.92 Å². The number of nitrogens with zero attached hydrogens (tertiary/aromatic N) is 1. The summed E-state index contributed by atoms with van der Waals surface area (Å²) in [5.74, 6) is 0.645. The Labute approximate surface area is 118 Å². The number of methoxy groups -OCH3 is 1. The van der Waals surface area contributed by atoms with Crippen molar-refractivity contribution >= 4 is 21.6 Å². The SMILES string of the molecule is COCCN(Cc1cc(N)cc(Br)c1)CC(C)C. The quantitative estimate of drug-likeness (QED) is 0.786. The zero-order valence-electron chi connectivity index (χ0n) is 11.4. The van der Waals surface area contributed by atoms with Crippen molar-refractivity contribution in [1.82, 2.24) is 4.90 Å². The second kappa shape index (κ2) is 7.77. The fourth-order valence-electron chi connectivity index (χ4n) is 2.00. The molecule has 0 spiro atoms. The lowest BCUT2D eigenvalue weighted by atomic mass is 10.1. The van der Waals surface area contributed by atoms with Gasteiger partial charge in [0.05, 0.1) is 6.61 Å². The highest BCUT2D eigenvalue weighted by Crippen LogP contribution is 2.19. The van der Waals surface area contributed by atoms with Crippen LogP contribution >= 0.6 is 15.9 Å². The maximum atomic E-state index is 5.86. The summed E-state index contributed by atoms with van der Waals surface area (Å²) >= 11 is 3.48. The monoisotopic (exact) mass is 314 g/mol. The first kappa shape index (κ1) is 15.5. The van der Waals surface area contributed by atoms with E-state index in [1.165, 1.54) is 5.56 Å². The van der Waals surface area contributed by atoms with Crippen LogP contribution in [-0.4, -0.2) is 31.7 Å². The van der Waals surface area contributed by atoms with Crippen LogP contribution in [0.4, 0.5) is 5.69 Å². The van der Waals surface area contributed by atoms with Crippen LogP contribution in [0.3, 0.4) is 0 Å². The van der Waals surface area contributed by atoms with E-state index in [1.54, 1.807) is 7.11 Å². The Morgan fingerprint density at radius 1 is 1.33 bits per heavy atom. The van der Waals surface area contributed by atoms with Crippen LogP contribution in [0.2, 0.25) is 0 Å². The lowest BCUT2D eigenvalue weighted by Crippen LogP contribution is -2.30. The van der Waals surface area contributed by atoms with Crippen LogP contribution in [-0.2, 0) is 11.3 Å². The Hall–Kier alpha value is -0.580. The minimum atomic E-state index is 0.645. The molecule has 102 valence electrons. The second-order valence-electron chi connectivity index (χ2n) is 5.01. The summed E-state index contributed by atoms with van der Waals surface area (Å²) in [6.07, 6.45) is 0. The Morgan fingerprint density at radius 2 is 2.06 bits per heavy atom. The van der Waals surface area contributed by atoms with E-state index >= 15 is 0 Å². The van der Waals surface area contributed by atoms with E-state index in [2.05, 4.69) is 40.7 Å². The van der Waals surface area contributed by atoms with E-state index in [0.717, 1.165) is 36.4 Å². The predicted molar refractivity (Wildman–Crippen MR) is 80.5 cm³/mol. The third kappa shape index (κ3) is 5.85. The van der Waals surface area contributed by atoms with Gasteiger partial charge in [0.15, 0.2) is 0 Å². The molecule has 0 unspecified atom stereocenters. The van der Waals surface area contributed by atoms with Crippen LogP contribution in [0.5, 0.6) is 0 Å². The Balaban J connectivity index is 2.68. The number of rotatable bonds is 7. The molecule has 2 N–H and O–H groups in total. The van der Waals surface area contributed by atoms with E-state index in [1.807, 2.05) is 12.1 Å². The van der Waals surface area contributed by atoms with E-state index < -0.39 is 0 Å². The van der Waals surface area contributed by atoms with Crippen molar-refractivity contribution in [2.45, 2.75) is 20.4 Å². The molecular weight excluding hydrogens is 292 g/mol. The highest BCUT2D eigenvalue weighted by Gasteiger charge is 2.09. The van der Waals surface area contributed by atoms with Crippen molar-refractivity contribution in [1.29, 1.82) is 0 Å². The molecule has 0 saturated heterocycles. The second-order valence-corrected chi connectivity index (χ2v) is 5.93. The van der Waals surface area contributed by atoms with Crippen molar-refractivity contribution in [3.05, 3.63) is 28.2 Å². The van der Waals surface area contributed by atoms with Gasteiger partial charge in [-0.3, -0.25) is 4.90 Å². The van der Waals surface area contributed by atoms with Gasteiger partial charge in [-0.25, -0.2) is 0 Å². The van der Waals surface area contributed by atoms with Crippen molar-refractivity contribution in [3.63, 3.8) is 0 Å². The Morgan fingerprint density at radius 3 is 2.61 bits per heavy atom. The summed E-state index contributed by atoms with van der Waals surface area (Å²) in [6.45, 7) is 8.14. The zero-order valence-corrected chi connectivity index (χ0v) is 13.0. The number of ether oxygens (including phenoxy) is 1. The summed E-state index contributed by atoms with van der Waals surface area (Å²) in [4.78, 5) is 2.40. The van der Waals surface area contributed by atoms with Crippen LogP contribution < -0.4 is 5.73 Å². The highest BCUT2D eigenvalue weighted by atomic mass is 79.9. The third-order valence-corrected chi connectivity index (χ3v) is 3.08. The highest BCUT2D eigenvalue weighted by molar-refractivity contribution is 9.10. The zero-order chi connectivity index (χ0) is 13.5. The first-order valence-electron chi connectivity index (χ1n) is 6.27. The van der Waals surface area contributed by atoms with Gasteiger partial charge in [0.1, 0.15) is 0 Å². The van der Waals surface area contributed by atoms with E-state index in [-0.39, 0.29) is 0 Å². The molecule has 4 heteroatoms. The number of benzene rings is 1. The van der Waals surface area contributed by atoms with E-state index in [4.69, 9.17) is 10.5 Å². The maximum absolute atomic E-state index is 5.86. The topological polar surface area (TPSA) is 38.5 Å². The first-order chi connectivity index (χ1) is 8.51. The molecule has 0 amide bonds. The normalized spacial score (nSPS) is 11.4. The van der Waals surface area contributed by atoms with Crippen molar-refractivity contribution < 1.29 is 4.74 Å². The number of nitrogen functional groups attached to an aromatic ring is 1. The maximum Gasteiger partial charge on any atom is 0.0589 e. The third-order valence-electron chi connectivity index (χ3n) is 2.62. The minimum Gasteiger partial charge on any atom is -0.399 e. The molecule has 1 aromatic carbocycles. The molecular formula is C14H23BrN2O. The lowest BCUT2D eigenvalue weighted by Gasteiger charge is -2.24. The predicted octanol–water partition coefficient (Wildman–Crippen LogP) is 3.14. The van der Waals surface area contributed by atoms with Gasteiger partial charge >= 0.3 is 0 Å². The largest absolute Gasteiger partial charge is 0.399 e. The average Bonchev–Trinajstić information content (AvgIpc) is 2.23. The lowest BCUT2D eigenvalue weighted by molar-refractivity contribution is 0.136. The molecule has 0 atom stereocenters. The number of nitrogens with two attached hydrogens (primary N) is 1. The minimum absolute atomic E-state index is 0.645. The van der Waals surface area contributed by atoms with Gasteiger partial charge < -0.3 is 10.5 Å². The van der Waals surface area contributed by atoms with Crippen molar-refractivity contribution in [2.24, 2.45) is 5.92 Å². The molecule has 1 aromatic rings. The van der Waals surface area contributed by atoms with Gasteiger partial charge in [0.2, 0.25) is 0 Å². The smallest absolute Gasteiger partial charge is 0.0589 e. The standard InChI is InChI=1S/C14H23BrN2O/c1-11(2)9-17(4-5-18-3)10-12-6-13(15)8-14(16)7-12/h6-8,11H,4-5,9-10,16H2,1-3H3. The van der Waals surface area contributed by atoms with Crippen LogP contribution in [0.15, 0.2) is 22.7 Å². The van der Waals surface area contributed by atoms with Crippen molar-refractivity contribution in [2.75, 3.05) is 32.5 Å². The van der Waals surface area contributed by atoms with Gasteiger partial charge in [-0.15, -0.1) is 0 Å². The molecule has 3 nitrogen and oxygen atoms in total. The summed E-state index contributed by atoms with van der Waals surface area (Å²) in [5, 5.41) is 0. The van der Waals surface area contributed by atoms with Crippen LogP contribution in [0, 0.1) is 5.92 Å². The van der Waals surface area contributed by atoms with Gasteiger partial charge in [-0.1, -0.05) is 29.8 Å². The first-order valence-corrected chi connectivity index (χ1v) is 7.06. The van der Waals surface area contributed by atoms with Gasteiger partial charge in [0.25, 0.3) is 0 Å². The van der Waals surface area contributed by atoms with Crippen molar-refractivity contribution in [3.8, 4) is 0 Å². The Kier molecular flexibility index (Phi) is 6.68. The number of anilines is 1. The fraction of sp³-hybridized carbons (Fsp3) is 0.571. The molecule has 0 heterocycles. The molecule has 0 aliphatic heterocycles. The van der Waals surface area contributed by atoms with Crippen LogP contribution in [0.25, 0.3) is 0 Å². The number of halogens is 1. The molecule has 0 aromatic heterocycles. The van der Waals surface area contributed by atoms with Gasteiger partial charge in [0, 0.05) is 36.9 Å². The molecule has 18 heavy (non-hydrogen) atoms. The van der Waals surface area contributed by atoms with Gasteiger partial charge in [-0.2, -0.15) is 0 Å². The average molecular weight is 315 g/mol. The molecule has 0 radical (unpaired) electrons. The Bertz CT molecular complexity index is 349. The summed E-state index contributed by atoms with van der Waals surface area (Å²) in [5.41, 5.74) is 7.90. The fourth-order valence-corrected chi connectivity index (χ4v) is 2.55. The number of hydrogen-bond acceptors (Lipinski definition) is 3. The molecule has 0 bridgehead atoms. The molecule has 0 aliphatic carbocycles. The van der Waals surface area contributed by atoms with Gasteiger partial charge in [-0.05, 0) is 29.7 Å². The summed E-state index contributed by atoms with van der Waals surface area (Å²) in [6, 6.07) is 6.08. The van der Waals surface area contributed by atoms with Crippen LogP contribution in [0.1, 0.15) is 19.4 Å². The van der Waals surface area contributed by atoms with E-state index in [9.17, 15) is 0 Å². The molecule has 0 fully saturated rings. The summed E-state index contributed by atoms with van der Waals surface area (Å²) < 4.78 is 6.20. The molecule has 0 saturated carbocycles. The number of hydrogen-bond donors (Lipinski definition) is 1. The summed E-state index contributed by atoms with van der Waals surface area (Å²) in [7, 11) is 1.74.